The molecule has 0 aliphatic heterocycles. The molecule has 0 aliphatic rings. The van der Waals surface area contributed by atoms with Gasteiger partial charge in [-0.2, -0.15) is 0 Å². The zero-order valence-electron chi connectivity index (χ0n) is 8.59. The first-order valence-electron chi connectivity index (χ1n) is 4.47. The van der Waals surface area contributed by atoms with Crippen LogP contribution in [-0.4, -0.2) is 24.0 Å². The number of alkyl carbamates (subject to hydrolysis) is 1. The number of amides is 1. The Kier molecular flexibility index (Phi) is 5.11. The molecule has 4 nitrogen and oxygen atoms in total. The van der Waals surface area contributed by atoms with Crippen LogP contribution in [0.15, 0.2) is 0 Å². The number of hydrogen-bond donors (Lipinski definition) is 1. The van der Waals surface area contributed by atoms with Crippen LogP contribution in [0.1, 0.15) is 34.1 Å². The highest BCUT2D eigenvalue weighted by Gasteiger charge is 2.14. The zero-order valence-corrected chi connectivity index (χ0v) is 8.59. The van der Waals surface area contributed by atoms with Crippen LogP contribution >= 0.6 is 0 Å². The smallest absolute Gasteiger partial charge is 0.407 e. The number of ether oxygens (including phenoxy) is 1. The molecule has 1 atom stereocenters. The normalized spacial score (nSPS) is 12.4. The molecule has 0 fully saturated rings. The number of carbonyl (C=O) groups excluding carboxylic acids is 2. The quantitative estimate of drug-likeness (QED) is 0.725. The zero-order chi connectivity index (χ0) is 10.4. The van der Waals surface area contributed by atoms with Gasteiger partial charge in [-0.05, 0) is 20.8 Å². The summed E-state index contributed by atoms with van der Waals surface area (Å²) in [4.78, 5) is 22.1. The van der Waals surface area contributed by atoms with Crippen LogP contribution in [0.5, 0.6) is 0 Å². The molecule has 0 heterocycles. The molecule has 0 aromatic carbocycles. The molecule has 0 aromatic rings. The lowest BCUT2D eigenvalue weighted by molar-refractivity contribution is -0.120. The Hall–Kier alpha value is -1.06. The van der Waals surface area contributed by atoms with Crippen LogP contribution in [0, 0.1) is 0 Å². The number of rotatable bonds is 4. The second kappa shape index (κ2) is 5.56. The van der Waals surface area contributed by atoms with Crippen molar-refractivity contribution in [3.63, 3.8) is 0 Å². The average Bonchev–Trinajstić information content (AvgIpc) is 2.01. The van der Waals surface area contributed by atoms with E-state index in [1.807, 2.05) is 0 Å². The van der Waals surface area contributed by atoms with Gasteiger partial charge in [0.05, 0.1) is 12.1 Å². The van der Waals surface area contributed by atoms with E-state index >= 15 is 0 Å². The minimum atomic E-state index is -0.538. The molecule has 1 amide bonds. The summed E-state index contributed by atoms with van der Waals surface area (Å²) in [6.45, 7) is 6.92. The first-order valence-corrected chi connectivity index (χ1v) is 4.47. The van der Waals surface area contributed by atoms with Gasteiger partial charge in [-0.3, -0.25) is 4.79 Å². The summed E-state index contributed by atoms with van der Waals surface area (Å²) in [5, 5.41) is 2.45. The molecule has 1 unspecified atom stereocenters. The summed E-state index contributed by atoms with van der Waals surface area (Å²) in [6, 6.07) is -0.462. The van der Waals surface area contributed by atoms with E-state index in [0.29, 0.717) is 6.42 Å². The summed E-state index contributed by atoms with van der Waals surface area (Å²) in [6.07, 6.45) is -0.281. The minimum absolute atomic E-state index is 0.000654. The van der Waals surface area contributed by atoms with Crippen molar-refractivity contribution < 1.29 is 14.3 Å². The Balaban J connectivity index is 3.85. The van der Waals surface area contributed by atoms with E-state index in [1.165, 1.54) is 0 Å². The molecule has 1 N–H and O–H groups in total. The Morgan fingerprint density at radius 1 is 1.31 bits per heavy atom. The maximum absolute atomic E-state index is 11.1. The van der Waals surface area contributed by atoms with Crippen molar-refractivity contribution in [1.82, 2.24) is 5.32 Å². The number of Topliss-reactive ketones (excluding diaryl/α,β-unsaturated/α-hetero) is 1. The first-order chi connectivity index (χ1) is 5.97. The van der Waals surface area contributed by atoms with Gasteiger partial charge in [-0.25, -0.2) is 4.79 Å². The van der Waals surface area contributed by atoms with Gasteiger partial charge >= 0.3 is 6.09 Å². The maximum Gasteiger partial charge on any atom is 0.407 e. The summed E-state index contributed by atoms with van der Waals surface area (Å²) in [7, 11) is 0. The van der Waals surface area contributed by atoms with Gasteiger partial charge < -0.3 is 10.1 Å². The summed E-state index contributed by atoms with van der Waals surface area (Å²) < 4.78 is 4.81. The highest BCUT2D eigenvalue weighted by molar-refractivity contribution is 5.86. The Morgan fingerprint density at radius 2 is 1.85 bits per heavy atom. The number of hydrogen-bond acceptors (Lipinski definition) is 3. The average molecular weight is 187 g/mol. The van der Waals surface area contributed by atoms with Gasteiger partial charge in [0.15, 0.2) is 5.78 Å². The molecule has 0 saturated heterocycles. The molecule has 0 aromatic heterocycles. The number of carbonyl (C=O) groups is 2. The van der Waals surface area contributed by atoms with Gasteiger partial charge in [0.1, 0.15) is 0 Å². The standard InChI is InChI=1S/C9H17NO3/c1-5-8(11)7(4)10-9(12)13-6(2)3/h6-7H,5H2,1-4H3,(H,10,12). The van der Waals surface area contributed by atoms with Crippen LogP contribution in [0.2, 0.25) is 0 Å². The third-order valence-electron chi connectivity index (χ3n) is 1.51. The van der Waals surface area contributed by atoms with E-state index in [1.54, 1.807) is 27.7 Å². The molecule has 13 heavy (non-hydrogen) atoms. The van der Waals surface area contributed by atoms with E-state index in [9.17, 15) is 9.59 Å². The van der Waals surface area contributed by atoms with E-state index in [4.69, 9.17) is 4.74 Å². The van der Waals surface area contributed by atoms with Crippen molar-refractivity contribution in [2.24, 2.45) is 0 Å². The second-order valence-corrected chi connectivity index (χ2v) is 3.14. The lowest BCUT2D eigenvalue weighted by atomic mass is 10.2. The maximum atomic E-state index is 11.1. The Morgan fingerprint density at radius 3 is 2.23 bits per heavy atom. The summed E-state index contributed by atoms with van der Waals surface area (Å²) in [5.41, 5.74) is 0. The summed E-state index contributed by atoms with van der Waals surface area (Å²) >= 11 is 0. The molecule has 0 spiro atoms. The van der Waals surface area contributed by atoms with Gasteiger partial charge in [0.2, 0.25) is 0 Å². The van der Waals surface area contributed by atoms with Gasteiger partial charge in [0, 0.05) is 6.42 Å². The third kappa shape index (κ3) is 5.22. The van der Waals surface area contributed by atoms with Crippen LogP contribution in [0.25, 0.3) is 0 Å². The van der Waals surface area contributed by atoms with Crippen LogP contribution in [0.4, 0.5) is 4.79 Å². The van der Waals surface area contributed by atoms with Crippen molar-refractivity contribution >= 4 is 11.9 Å². The fourth-order valence-corrected chi connectivity index (χ4v) is 0.812. The van der Waals surface area contributed by atoms with Crippen molar-refractivity contribution in [3.8, 4) is 0 Å². The van der Waals surface area contributed by atoms with E-state index < -0.39 is 12.1 Å². The fraction of sp³-hybridized carbons (Fsp3) is 0.778. The van der Waals surface area contributed by atoms with Gasteiger partial charge in [0.25, 0.3) is 0 Å². The fourth-order valence-electron chi connectivity index (χ4n) is 0.812. The molecule has 76 valence electrons. The predicted molar refractivity (Wildman–Crippen MR) is 49.5 cm³/mol. The number of nitrogens with one attached hydrogen (secondary N) is 1. The molecule has 0 saturated carbocycles. The molecule has 0 rings (SSSR count). The van der Waals surface area contributed by atoms with E-state index in [0.717, 1.165) is 0 Å². The van der Waals surface area contributed by atoms with Crippen LogP contribution < -0.4 is 5.32 Å². The molecule has 0 radical (unpaired) electrons. The SMILES string of the molecule is CCC(=O)C(C)NC(=O)OC(C)C. The minimum Gasteiger partial charge on any atom is -0.447 e. The van der Waals surface area contributed by atoms with E-state index in [2.05, 4.69) is 5.32 Å². The molecule has 0 bridgehead atoms. The molecule has 0 aliphatic carbocycles. The lowest BCUT2D eigenvalue weighted by Crippen LogP contribution is -2.39. The Bertz CT molecular complexity index is 189. The first kappa shape index (κ1) is 11.9. The topological polar surface area (TPSA) is 55.4 Å². The largest absolute Gasteiger partial charge is 0.447 e. The van der Waals surface area contributed by atoms with Gasteiger partial charge in [-0.15, -0.1) is 0 Å². The van der Waals surface area contributed by atoms with Crippen molar-refractivity contribution in [3.05, 3.63) is 0 Å². The highest BCUT2D eigenvalue weighted by atomic mass is 16.6. The van der Waals surface area contributed by atoms with Crippen molar-refractivity contribution in [2.75, 3.05) is 0 Å². The molecule has 4 heteroatoms. The number of ketones is 1. The van der Waals surface area contributed by atoms with Crippen LogP contribution in [0.3, 0.4) is 0 Å². The Labute approximate surface area is 78.6 Å². The predicted octanol–water partition coefficient (Wildman–Crippen LogP) is 1.49. The monoisotopic (exact) mass is 187 g/mol. The van der Waals surface area contributed by atoms with Crippen molar-refractivity contribution in [2.45, 2.75) is 46.3 Å². The highest BCUT2D eigenvalue weighted by Crippen LogP contribution is 1.93. The second-order valence-electron chi connectivity index (χ2n) is 3.14. The van der Waals surface area contributed by atoms with Crippen LogP contribution in [-0.2, 0) is 9.53 Å². The lowest BCUT2D eigenvalue weighted by Gasteiger charge is -2.13. The third-order valence-corrected chi connectivity index (χ3v) is 1.51. The molecular formula is C9H17NO3. The van der Waals surface area contributed by atoms with E-state index in [-0.39, 0.29) is 11.9 Å². The van der Waals surface area contributed by atoms with Gasteiger partial charge in [-0.1, -0.05) is 6.92 Å². The molecular weight excluding hydrogens is 170 g/mol. The summed E-state index contributed by atoms with van der Waals surface area (Å²) in [5.74, 6) is 0.000654. The van der Waals surface area contributed by atoms with Crippen molar-refractivity contribution in [1.29, 1.82) is 0 Å².